The van der Waals surface area contributed by atoms with Crippen LogP contribution in [0.3, 0.4) is 0 Å². The molecule has 0 saturated heterocycles. The molecule has 0 bridgehead atoms. The Kier molecular flexibility index (Phi) is 9.25. The van der Waals surface area contributed by atoms with Crippen LogP contribution in [0.1, 0.15) is 6.92 Å². The van der Waals surface area contributed by atoms with Crippen LogP contribution >= 0.6 is 11.8 Å². The van der Waals surface area contributed by atoms with Crippen molar-refractivity contribution in [2.24, 2.45) is 0 Å². The molecule has 17 heavy (non-hydrogen) atoms. The molecule has 0 aliphatic rings. The highest BCUT2D eigenvalue weighted by atomic mass is 32.2. The fourth-order valence-corrected chi connectivity index (χ4v) is 3.25. The second-order valence-electron chi connectivity index (χ2n) is 3.96. The van der Waals surface area contributed by atoms with Crippen molar-refractivity contribution in [3.05, 3.63) is 0 Å². The molecule has 0 saturated carbocycles. The molecule has 0 spiro atoms. The van der Waals surface area contributed by atoms with Gasteiger partial charge in [0, 0.05) is 24.9 Å². The van der Waals surface area contributed by atoms with Gasteiger partial charge >= 0.3 is 0 Å². The standard InChI is InChI=1S/C10H22O5S2/c1-9(6-14-2)15-7-10(11)8-16-4-5-17(3,12)13/h9-11H,4-8H2,1-3H3. The van der Waals surface area contributed by atoms with E-state index >= 15 is 0 Å². The number of thioether (sulfide) groups is 1. The third-order valence-corrected chi connectivity index (χ3v) is 4.20. The smallest absolute Gasteiger partial charge is 0.148 e. The van der Waals surface area contributed by atoms with Crippen molar-refractivity contribution in [3.63, 3.8) is 0 Å². The maximum Gasteiger partial charge on any atom is 0.148 e. The molecule has 2 unspecified atom stereocenters. The zero-order valence-electron chi connectivity index (χ0n) is 10.6. The second kappa shape index (κ2) is 9.16. The molecule has 2 atom stereocenters. The van der Waals surface area contributed by atoms with Crippen LogP contribution in [0.2, 0.25) is 0 Å². The monoisotopic (exact) mass is 286 g/mol. The van der Waals surface area contributed by atoms with Crippen LogP contribution in [0.25, 0.3) is 0 Å². The minimum atomic E-state index is -2.91. The number of aliphatic hydroxyl groups excluding tert-OH is 1. The molecule has 0 radical (unpaired) electrons. The summed E-state index contributed by atoms with van der Waals surface area (Å²) in [7, 11) is -1.31. The Morgan fingerprint density at radius 2 is 2.00 bits per heavy atom. The van der Waals surface area contributed by atoms with Crippen LogP contribution in [0, 0.1) is 0 Å². The third-order valence-electron chi connectivity index (χ3n) is 1.88. The van der Waals surface area contributed by atoms with Crippen molar-refractivity contribution in [1.82, 2.24) is 0 Å². The summed E-state index contributed by atoms with van der Waals surface area (Å²) < 4.78 is 31.9. The van der Waals surface area contributed by atoms with E-state index in [4.69, 9.17) is 9.47 Å². The van der Waals surface area contributed by atoms with Gasteiger partial charge in [0.2, 0.25) is 0 Å². The van der Waals surface area contributed by atoms with E-state index in [-0.39, 0.29) is 18.5 Å². The first-order valence-corrected chi connectivity index (χ1v) is 8.60. The van der Waals surface area contributed by atoms with E-state index in [1.807, 2.05) is 6.92 Å². The Bertz CT molecular complexity index is 278. The lowest BCUT2D eigenvalue weighted by Gasteiger charge is -2.15. The van der Waals surface area contributed by atoms with Crippen molar-refractivity contribution < 1.29 is 23.0 Å². The van der Waals surface area contributed by atoms with Crippen molar-refractivity contribution in [1.29, 1.82) is 0 Å². The molecule has 1 N–H and O–H groups in total. The van der Waals surface area contributed by atoms with Gasteiger partial charge in [-0.15, -0.1) is 0 Å². The van der Waals surface area contributed by atoms with Gasteiger partial charge in [0.15, 0.2) is 0 Å². The van der Waals surface area contributed by atoms with Crippen molar-refractivity contribution >= 4 is 21.6 Å². The molecule has 0 aromatic rings. The van der Waals surface area contributed by atoms with Crippen molar-refractivity contribution in [2.75, 3.05) is 43.8 Å². The Labute approximate surface area is 108 Å². The lowest BCUT2D eigenvalue weighted by Crippen LogP contribution is -2.24. The molecule has 7 heteroatoms. The van der Waals surface area contributed by atoms with Crippen molar-refractivity contribution in [2.45, 2.75) is 19.1 Å². The second-order valence-corrected chi connectivity index (χ2v) is 7.37. The van der Waals surface area contributed by atoms with Crippen molar-refractivity contribution in [3.8, 4) is 0 Å². The summed E-state index contributed by atoms with van der Waals surface area (Å²) in [5.74, 6) is 1.13. The van der Waals surface area contributed by atoms with Gasteiger partial charge in [-0.05, 0) is 6.92 Å². The minimum Gasteiger partial charge on any atom is -0.390 e. The Morgan fingerprint density at radius 3 is 2.53 bits per heavy atom. The highest BCUT2D eigenvalue weighted by Gasteiger charge is 2.09. The number of aliphatic hydroxyl groups is 1. The van der Waals surface area contributed by atoms with E-state index in [1.165, 1.54) is 18.0 Å². The zero-order chi connectivity index (χ0) is 13.3. The summed E-state index contributed by atoms with van der Waals surface area (Å²) in [6, 6.07) is 0. The predicted octanol–water partition coefficient (Wildman–Crippen LogP) is 0.177. The first-order chi connectivity index (χ1) is 7.85. The van der Waals surface area contributed by atoms with Crippen LogP contribution in [0.15, 0.2) is 0 Å². The minimum absolute atomic E-state index is 0.0457. The van der Waals surface area contributed by atoms with Crippen LogP contribution in [-0.2, 0) is 19.3 Å². The van der Waals surface area contributed by atoms with E-state index in [0.29, 0.717) is 18.1 Å². The van der Waals surface area contributed by atoms with Crippen LogP contribution in [0.5, 0.6) is 0 Å². The quantitative estimate of drug-likeness (QED) is 0.577. The molecule has 104 valence electrons. The average Bonchev–Trinajstić information content (AvgIpc) is 2.21. The molecule has 0 aromatic carbocycles. The maximum atomic E-state index is 10.8. The molecule has 0 amide bonds. The highest BCUT2D eigenvalue weighted by molar-refractivity contribution is 8.00. The number of rotatable bonds is 10. The summed E-state index contributed by atoms with van der Waals surface area (Å²) in [6.07, 6.45) is 0.592. The molecule has 0 aliphatic carbocycles. The van der Waals surface area contributed by atoms with E-state index in [0.717, 1.165) is 0 Å². The number of methoxy groups -OCH3 is 1. The summed E-state index contributed by atoms with van der Waals surface area (Å²) in [5, 5.41) is 9.56. The number of ether oxygens (including phenoxy) is 2. The topological polar surface area (TPSA) is 72.8 Å². The van der Waals surface area contributed by atoms with Gasteiger partial charge in [0.25, 0.3) is 0 Å². The molecule has 0 aliphatic heterocycles. The van der Waals surface area contributed by atoms with E-state index < -0.39 is 15.9 Å². The number of hydrogen-bond donors (Lipinski definition) is 1. The SMILES string of the molecule is COCC(C)OCC(O)CSCCS(C)(=O)=O. The first-order valence-electron chi connectivity index (χ1n) is 5.39. The van der Waals surface area contributed by atoms with Gasteiger partial charge in [-0.2, -0.15) is 11.8 Å². The third kappa shape index (κ3) is 12.4. The Hall–Kier alpha value is 0.180. The lowest BCUT2D eigenvalue weighted by molar-refractivity contribution is -0.0257. The lowest BCUT2D eigenvalue weighted by atomic mass is 10.4. The predicted molar refractivity (Wildman–Crippen MR) is 70.3 cm³/mol. The molecule has 0 rings (SSSR count). The fourth-order valence-electron chi connectivity index (χ4n) is 1.04. The normalized spacial score (nSPS) is 15.8. The first kappa shape index (κ1) is 17.2. The molecular formula is C10H22O5S2. The molecule has 0 heterocycles. The largest absolute Gasteiger partial charge is 0.390 e. The van der Waals surface area contributed by atoms with E-state index in [2.05, 4.69) is 0 Å². The van der Waals surface area contributed by atoms with Crippen LogP contribution in [-0.4, -0.2) is 69.6 Å². The average molecular weight is 286 g/mol. The molecule has 5 nitrogen and oxygen atoms in total. The summed E-state index contributed by atoms with van der Waals surface area (Å²) >= 11 is 1.41. The fraction of sp³-hybridized carbons (Fsp3) is 1.00. The summed E-state index contributed by atoms with van der Waals surface area (Å²) in [5.41, 5.74) is 0. The molecule has 0 fully saturated rings. The van der Waals surface area contributed by atoms with Crippen LogP contribution in [0.4, 0.5) is 0 Å². The highest BCUT2D eigenvalue weighted by Crippen LogP contribution is 2.05. The zero-order valence-corrected chi connectivity index (χ0v) is 12.2. The van der Waals surface area contributed by atoms with Gasteiger partial charge in [-0.1, -0.05) is 0 Å². The Balaban J connectivity index is 3.50. The Morgan fingerprint density at radius 1 is 1.35 bits per heavy atom. The van der Waals surface area contributed by atoms with E-state index in [9.17, 15) is 13.5 Å². The maximum absolute atomic E-state index is 10.8. The van der Waals surface area contributed by atoms with E-state index in [1.54, 1.807) is 7.11 Å². The molecular weight excluding hydrogens is 264 g/mol. The molecule has 0 aromatic heterocycles. The van der Waals surface area contributed by atoms with Gasteiger partial charge < -0.3 is 14.6 Å². The summed E-state index contributed by atoms with van der Waals surface area (Å²) in [4.78, 5) is 0. The van der Waals surface area contributed by atoms with Gasteiger partial charge in [-0.3, -0.25) is 0 Å². The van der Waals surface area contributed by atoms with Gasteiger partial charge in [0.05, 0.1) is 31.2 Å². The van der Waals surface area contributed by atoms with Gasteiger partial charge in [-0.25, -0.2) is 8.42 Å². The number of hydrogen-bond acceptors (Lipinski definition) is 6. The summed E-state index contributed by atoms with van der Waals surface area (Å²) in [6.45, 7) is 2.61. The number of sulfone groups is 1. The van der Waals surface area contributed by atoms with Crippen LogP contribution < -0.4 is 0 Å². The van der Waals surface area contributed by atoms with Gasteiger partial charge in [0.1, 0.15) is 9.84 Å².